The third-order valence-corrected chi connectivity index (χ3v) is 7.57. The van der Waals surface area contributed by atoms with Crippen LogP contribution in [-0.2, 0) is 20.2 Å². The van der Waals surface area contributed by atoms with Gasteiger partial charge in [-0.1, -0.05) is 80.9 Å². The summed E-state index contributed by atoms with van der Waals surface area (Å²) in [6.45, 7) is 11.5. The molecule has 0 aliphatic rings. The van der Waals surface area contributed by atoms with Crippen LogP contribution in [0.4, 0.5) is 5.69 Å². The largest absolute Gasteiger partial charge is 0.271 e. The van der Waals surface area contributed by atoms with Crippen LogP contribution >= 0.6 is 0 Å². The van der Waals surface area contributed by atoms with E-state index in [1.807, 2.05) is 50.2 Å². The number of hydrogen-bond acceptors (Lipinski definition) is 4. The minimum absolute atomic E-state index is 0.0414. The molecular formula is C28H33N3O3S. The Kier molecular flexibility index (Phi) is 7.80. The summed E-state index contributed by atoms with van der Waals surface area (Å²) in [5.74, 6) is -0.533. The first-order chi connectivity index (χ1) is 16.4. The summed E-state index contributed by atoms with van der Waals surface area (Å²) in [4.78, 5) is 13.0. The van der Waals surface area contributed by atoms with Gasteiger partial charge in [-0.3, -0.25) is 9.10 Å². The molecule has 1 N–H and O–H groups in total. The zero-order valence-electron chi connectivity index (χ0n) is 21.2. The average Bonchev–Trinajstić information content (AvgIpc) is 2.81. The van der Waals surface area contributed by atoms with Crippen molar-refractivity contribution >= 4 is 27.3 Å². The smallest absolute Gasteiger partial charge is 0.264 e. The molecule has 3 rings (SSSR count). The molecule has 3 aromatic rings. The van der Waals surface area contributed by atoms with E-state index >= 15 is 0 Å². The van der Waals surface area contributed by atoms with Crippen LogP contribution in [0, 0.1) is 13.8 Å². The maximum absolute atomic E-state index is 13.5. The number of para-hydroxylation sites is 1. The van der Waals surface area contributed by atoms with Gasteiger partial charge in [-0.25, -0.2) is 13.8 Å². The van der Waals surface area contributed by atoms with E-state index in [-0.39, 0.29) is 10.3 Å². The molecular weight excluding hydrogens is 458 g/mol. The third kappa shape index (κ3) is 6.36. The molecule has 3 aromatic carbocycles. The van der Waals surface area contributed by atoms with Crippen LogP contribution in [0.25, 0.3) is 0 Å². The zero-order valence-corrected chi connectivity index (χ0v) is 22.0. The second-order valence-corrected chi connectivity index (χ2v) is 11.5. The van der Waals surface area contributed by atoms with Crippen molar-refractivity contribution in [3.63, 3.8) is 0 Å². The quantitative estimate of drug-likeness (QED) is 0.358. The first-order valence-corrected chi connectivity index (χ1v) is 12.9. The summed E-state index contributed by atoms with van der Waals surface area (Å²) in [5.41, 5.74) is 7.41. The number of anilines is 1. The van der Waals surface area contributed by atoms with Gasteiger partial charge in [0.05, 0.1) is 16.3 Å². The number of amides is 1. The molecule has 0 saturated carbocycles. The Balaban J connectivity index is 1.84. The molecule has 7 heteroatoms. The van der Waals surface area contributed by atoms with Gasteiger partial charge in [-0.2, -0.15) is 5.10 Å². The zero-order chi connectivity index (χ0) is 25.8. The molecule has 0 aliphatic carbocycles. The van der Waals surface area contributed by atoms with E-state index in [4.69, 9.17) is 0 Å². The second kappa shape index (κ2) is 10.4. The molecule has 0 aliphatic heterocycles. The lowest BCUT2D eigenvalue weighted by atomic mass is 9.86. The molecule has 184 valence electrons. The van der Waals surface area contributed by atoms with Crippen molar-refractivity contribution in [2.45, 2.75) is 51.9 Å². The normalized spacial score (nSPS) is 12.3. The summed E-state index contributed by atoms with van der Waals surface area (Å²) in [6.07, 6.45) is 0. The molecule has 1 amide bonds. The molecule has 0 aromatic heterocycles. The van der Waals surface area contributed by atoms with E-state index in [1.165, 1.54) is 5.56 Å². The molecule has 0 saturated heterocycles. The number of hydrazone groups is 1. The number of rotatable bonds is 7. The van der Waals surface area contributed by atoms with Gasteiger partial charge < -0.3 is 0 Å². The van der Waals surface area contributed by atoms with E-state index in [1.54, 1.807) is 43.3 Å². The van der Waals surface area contributed by atoms with Gasteiger partial charge in [0, 0.05) is 0 Å². The molecule has 0 fully saturated rings. The Morgan fingerprint density at radius 2 is 1.51 bits per heavy atom. The summed E-state index contributed by atoms with van der Waals surface area (Å²) < 4.78 is 28.2. The van der Waals surface area contributed by atoms with E-state index < -0.39 is 22.5 Å². The molecule has 0 atom stereocenters. The topological polar surface area (TPSA) is 78.8 Å². The van der Waals surface area contributed by atoms with E-state index in [0.717, 1.165) is 21.0 Å². The first kappa shape index (κ1) is 26.2. The highest BCUT2D eigenvalue weighted by molar-refractivity contribution is 7.92. The van der Waals surface area contributed by atoms with Crippen molar-refractivity contribution in [3.8, 4) is 0 Å². The van der Waals surface area contributed by atoms with Gasteiger partial charge in [-0.15, -0.1) is 0 Å². The number of hydrogen-bond donors (Lipinski definition) is 1. The van der Waals surface area contributed by atoms with Crippen LogP contribution in [0.15, 0.2) is 82.8 Å². The lowest BCUT2D eigenvalue weighted by molar-refractivity contribution is -0.119. The Labute approximate surface area is 208 Å². The lowest BCUT2D eigenvalue weighted by Gasteiger charge is -2.25. The number of benzene rings is 3. The highest BCUT2D eigenvalue weighted by Crippen LogP contribution is 2.27. The monoisotopic (exact) mass is 491 g/mol. The second-order valence-electron chi connectivity index (χ2n) is 9.67. The van der Waals surface area contributed by atoms with Gasteiger partial charge in [0.15, 0.2) is 0 Å². The van der Waals surface area contributed by atoms with Crippen LogP contribution in [0.5, 0.6) is 0 Å². The van der Waals surface area contributed by atoms with Crippen LogP contribution < -0.4 is 9.73 Å². The third-order valence-electron chi connectivity index (χ3n) is 5.80. The number of aryl methyl sites for hydroxylation is 2. The number of sulfonamides is 1. The summed E-state index contributed by atoms with van der Waals surface area (Å²) in [7, 11) is -3.97. The lowest BCUT2D eigenvalue weighted by Crippen LogP contribution is -2.40. The molecule has 0 radical (unpaired) electrons. The van der Waals surface area contributed by atoms with Crippen molar-refractivity contribution in [2.75, 3.05) is 10.8 Å². The number of nitrogens with one attached hydrogen (secondary N) is 1. The van der Waals surface area contributed by atoms with Crippen molar-refractivity contribution < 1.29 is 13.2 Å². The predicted molar refractivity (Wildman–Crippen MR) is 142 cm³/mol. The fourth-order valence-corrected chi connectivity index (χ4v) is 5.05. The fraction of sp³-hybridized carbons (Fsp3) is 0.286. The van der Waals surface area contributed by atoms with Crippen molar-refractivity contribution in [2.24, 2.45) is 5.10 Å². The van der Waals surface area contributed by atoms with Crippen molar-refractivity contribution in [3.05, 3.63) is 95.1 Å². The predicted octanol–water partition coefficient (Wildman–Crippen LogP) is 5.34. The molecule has 6 nitrogen and oxygen atoms in total. The average molecular weight is 492 g/mol. The van der Waals surface area contributed by atoms with Crippen molar-refractivity contribution in [1.29, 1.82) is 0 Å². The minimum Gasteiger partial charge on any atom is -0.271 e. The highest BCUT2D eigenvalue weighted by atomic mass is 32.2. The van der Waals surface area contributed by atoms with E-state index in [9.17, 15) is 13.2 Å². The van der Waals surface area contributed by atoms with Crippen LogP contribution in [0.2, 0.25) is 0 Å². The molecule has 0 spiro atoms. The molecule has 0 bridgehead atoms. The minimum atomic E-state index is -3.97. The summed E-state index contributed by atoms with van der Waals surface area (Å²) in [5, 5.41) is 4.22. The van der Waals surface area contributed by atoms with Gasteiger partial charge in [0.2, 0.25) is 0 Å². The van der Waals surface area contributed by atoms with Crippen LogP contribution in [-0.4, -0.2) is 26.6 Å². The fourth-order valence-electron chi connectivity index (χ4n) is 3.57. The SMILES string of the molecule is C/C(=N/NC(=O)CN(c1ccccc1C)S(=O)(=O)c1ccc(C)cc1)c1ccc(C(C)(C)C)cc1. The molecule has 0 heterocycles. The van der Waals surface area contributed by atoms with E-state index in [2.05, 4.69) is 31.3 Å². The van der Waals surface area contributed by atoms with Gasteiger partial charge in [0.25, 0.3) is 15.9 Å². The standard InChI is InChI=1S/C28H33N3O3S/c1-20-11-17-25(18-12-20)35(33,34)31(26-10-8-7-9-21(26)2)19-27(32)30-29-22(3)23-13-15-24(16-14-23)28(4,5)6/h7-18H,19H2,1-6H3,(H,30,32)/b29-22-. The van der Waals surface area contributed by atoms with Crippen molar-refractivity contribution in [1.82, 2.24) is 5.43 Å². The number of carbonyl (C=O) groups excluding carboxylic acids is 1. The Hall–Kier alpha value is -3.45. The van der Waals surface area contributed by atoms with Gasteiger partial charge >= 0.3 is 0 Å². The van der Waals surface area contributed by atoms with E-state index in [0.29, 0.717) is 11.4 Å². The van der Waals surface area contributed by atoms with Gasteiger partial charge in [-0.05, 0) is 61.1 Å². The summed E-state index contributed by atoms with van der Waals surface area (Å²) in [6, 6.07) is 21.7. The maximum Gasteiger partial charge on any atom is 0.264 e. The van der Waals surface area contributed by atoms with Crippen LogP contribution in [0.1, 0.15) is 49.9 Å². The molecule has 0 unspecified atom stereocenters. The maximum atomic E-state index is 13.5. The Bertz CT molecular complexity index is 1320. The number of nitrogens with zero attached hydrogens (tertiary/aromatic N) is 2. The number of carbonyl (C=O) groups is 1. The van der Waals surface area contributed by atoms with Gasteiger partial charge in [0.1, 0.15) is 6.54 Å². The van der Waals surface area contributed by atoms with Crippen LogP contribution in [0.3, 0.4) is 0 Å². The molecule has 35 heavy (non-hydrogen) atoms. The first-order valence-electron chi connectivity index (χ1n) is 11.5. The Morgan fingerprint density at radius 1 is 0.914 bits per heavy atom. The summed E-state index contributed by atoms with van der Waals surface area (Å²) >= 11 is 0. The highest BCUT2D eigenvalue weighted by Gasteiger charge is 2.28. The Morgan fingerprint density at radius 3 is 2.09 bits per heavy atom.